The van der Waals surface area contributed by atoms with Crippen LogP contribution in [0.5, 0.6) is 0 Å². The molecule has 0 radical (unpaired) electrons. The van der Waals surface area contributed by atoms with Crippen LogP contribution in [0.4, 0.5) is 4.79 Å². The van der Waals surface area contributed by atoms with Gasteiger partial charge in [-0.3, -0.25) is 4.79 Å². The molecule has 4 aromatic rings. The van der Waals surface area contributed by atoms with Gasteiger partial charge in [0.1, 0.15) is 11.6 Å². The Morgan fingerprint density at radius 1 is 0.898 bits per heavy atom. The van der Waals surface area contributed by atoms with E-state index in [-0.39, 0.29) is 50.0 Å². The summed E-state index contributed by atoms with van der Waals surface area (Å²) in [6, 6.07) is 26.0. The number of carboxylic acid groups (broad SMARTS) is 1. The largest absolute Gasteiger partial charge is 0.478 e. The summed E-state index contributed by atoms with van der Waals surface area (Å²) in [6.45, 7) is 3.98. The standard InChI is InChI=1S/C37H39N3O8S/c1-3-46-32(42)20-40-37(45)39-19-25-7-4-8-27(17-25)28-9-5-10-29(18-28)36-47-31(22-49-34-30(35(43)44)11-6-16-38-34)23(2)33(48-36)26-14-12-24(21-41)13-15-26/h4-18,23,31,33,36,41H,3,19-22H2,1-2H3,(H,43,44)(H2,39,40,45)/t23-,31+,33+,36+/m1/s1. The molecule has 2 heterocycles. The fourth-order valence-corrected chi connectivity index (χ4v) is 6.63. The van der Waals surface area contributed by atoms with E-state index in [1.165, 1.54) is 17.8 Å². The van der Waals surface area contributed by atoms with E-state index in [1.54, 1.807) is 19.2 Å². The first kappa shape index (κ1) is 35.6. The Bertz CT molecular complexity index is 1750. The number of hydrogen-bond donors (Lipinski definition) is 4. The van der Waals surface area contributed by atoms with Gasteiger partial charge in [0, 0.05) is 30.0 Å². The van der Waals surface area contributed by atoms with Crippen LogP contribution < -0.4 is 10.6 Å². The number of aromatic nitrogens is 1. The van der Waals surface area contributed by atoms with E-state index < -0.39 is 24.3 Å². The number of carboxylic acids is 1. The van der Waals surface area contributed by atoms with Gasteiger partial charge in [-0.15, -0.1) is 11.8 Å². The number of carbonyl (C=O) groups is 3. The highest BCUT2D eigenvalue weighted by Gasteiger charge is 2.38. The number of aromatic carboxylic acids is 1. The maximum Gasteiger partial charge on any atom is 0.338 e. The van der Waals surface area contributed by atoms with Crippen molar-refractivity contribution in [3.05, 3.63) is 119 Å². The molecule has 2 amide bonds. The predicted octanol–water partition coefficient (Wildman–Crippen LogP) is 5.89. The monoisotopic (exact) mass is 685 g/mol. The second kappa shape index (κ2) is 17.1. The first-order valence-corrected chi connectivity index (χ1v) is 16.9. The van der Waals surface area contributed by atoms with Crippen molar-refractivity contribution in [3.63, 3.8) is 0 Å². The first-order chi connectivity index (χ1) is 23.7. The Balaban J connectivity index is 1.34. The molecule has 0 aliphatic carbocycles. The number of amides is 2. The lowest BCUT2D eigenvalue weighted by atomic mass is 9.91. The zero-order valence-electron chi connectivity index (χ0n) is 27.2. The molecule has 1 aromatic heterocycles. The van der Waals surface area contributed by atoms with Crippen molar-refractivity contribution in [3.8, 4) is 11.1 Å². The van der Waals surface area contributed by atoms with Crippen LogP contribution in [0.1, 0.15) is 58.9 Å². The number of esters is 1. The molecule has 1 aliphatic rings. The highest BCUT2D eigenvalue weighted by molar-refractivity contribution is 7.99. The molecule has 0 bridgehead atoms. The highest BCUT2D eigenvalue weighted by Crippen LogP contribution is 2.43. The van der Waals surface area contributed by atoms with E-state index in [0.29, 0.717) is 10.8 Å². The molecule has 4 N–H and O–H groups in total. The summed E-state index contributed by atoms with van der Waals surface area (Å²) in [4.78, 5) is 39.8. The molecule has 1 saturated heterocycles. The molecule has 3 aromatic carbocycles. The summed E-state index contributed by atoms with van der Waals surface area (Å²) < 4.78 is 18.1. The lowest BCUT2D eigenvalue weighted by Crippen LogP contribution is -2.38. The number of pyridine rings is 1. The van der Waals surface area contributed by atoms with Gasteiger partial charge in [-0.25, -0.2) is 14.6 Å². The van der Waals surface area contributed by atoms with Crippen molar-refractivity contribution in [2.24, 2.45) is 5.92 Å². The van der Waals surface area contributed by atoms with E-state index in [0.717, 1.165) is 33.4 Å². The molecule has 11 nitrogen and oxygen atoms in total. The molecule has 0 spiro atoms. The van der Waals surface area contributed by atoms with Gasteiger partial charge in [-0.05, 0) is 59.0 Å². The first-order valence-electron chi connectivity index (χ1n) is 15.9. The van der Waals surface area contributed by atoms with Crippen molar-refractivity contribution in [2.45, 2.75) is 50.5 Å². The normalized spacial score (nSPS) is 18.8. The molecule has 1 aliphatic heterocycles. The number of aliphatic hydroxyl groups excluding tert-OH is 1. The Morgan fingerprint density at radius 2 is 1.65 bits per heavy atom. The number of carbonyl (C=O) groups excluding carboxylic acids is 2. The fraction of sp³-hybridized carbons (Fsp3) is 0.297. The lowest BCUT2D eigenvalue weighted by Gasteiger charge is -2.41. The molecule has 0 unspecified atom stereocenters. The number of hydrogen-bond acceptors (Lipinski definition) is 9. The van der Waals surface area contributed by atoms with Gasteiger partial charge in [-0.2, -0.15) is 0 Å². The molecule has 12 heteroatoms. The van der Waals surface area contributed by atoms with Crippen LogP contribution in [0.3, 0.4) is 0 Å². The Kier molecular flexibility index (Phi) is 12.4. The average molecular weight is 686 g/mol. The molecule has 256 valence electrons. The van der Waals surface area contributed by atoms with Gasteiger partial charge in [0.05, 0.1) is 31.0 Å². The minimum atomic E-state index is -1.04. The van der Waals surface area contributed by atoms with Crippen LogP contribution in [0.2, 0.25) is 0 Å². The minimum Gasteiger partial charge on any atom is -0.478 e. The number of urea groups is 1. The third-order valence-corrected chi connectivity index (χ3v) is 9.17. The van der Waals surface area contributed by atoms with Crippen LogP contribution in [-0.4, -0.2) is 58.2 Å². The van der Waals surface area contributed by atoms with Crippen LogP contribution in [0.15, 0.2) is 96.2 Å². The Hall–Kier alpha value is -4.75. The van der Waals surface area contributed by atoms with Crippen LogP contribution in [-0.2, 0) is 32.2 Å². The number of rotatable bonds is 13. The van der Waals surface area contributed by atoms with Crippen molar-refractivity contribution in [2.75, 3.05) is 18.9 Å². The quantitative estimate of drug-likeness (QED) is 0.0990. The number of ether oxygens (including phenoxy) is 3. The second-order valence-corrected chi connectivity index (χ2v) is 12.5. The maximum absolute atomic E-state index is 12.2. The summed E-state index contributed by atoms with van der Waals surface area (Å²) in [5.74, 6) is -1.18. The van der Waals surface area contributed by atoms with Gasteiger partial charge >= 0.3 is 18.0 Å². The zero-order valence-corrected chi connectivity index (χ0v) is 28.0. The van der Waals surface area contributed by atoms with Gasteiger partial charge in [0.2, 0.25) is 0 Å². The van der Waals surface area contributed by atoms with Gasteiger partial charge in [0.15, 0.2) is 6.29 Å². The second-order valence-electron chi connectivity index (χ2n) is 11.5. The summed E-state index contributed by atoms with van der Waals surface area (Å²) in [6.07, 6.45) is 0.199. The Labute approximate surface area is 289 Å². The predicted molar refractivity (Wildman–Crippen MR) is 184 cm³/mol. The third-order valence-electron chi connectivity index (χ3n) is 8.08. The van der Waals surface area contributed by atoms with Crippen molar-refractivity contribution < 1.29 is 38.8 Å². The SMILES string of the molecule is CCOC(=O)CNC(=O)NCc1cccc(-c2cccc([C@H]3O[C@@H](CSc4ncccc4C(=O)O)[C@@H](C)[C@@H](c4ccc(CO)cc4)O3)c2)c1. The molecular weight excluding hydrogens is 646 g/mol. The van der Waals surface area contributed by atoms with E-state index in [9.17, 15) is 24.6 Å². The number of nitrogens with zero attached hydrogens (tertiary/aromatic N) is 1. The number of nitrogens with one attached hydrogen (secondary N) is 2. The van der Waals surface area contributed by atoms with Crippen LogP contribution in [0.25, 0.3) is 11.1 Å². The van der Waals surface area contributed by atoms with E-state index >= 15 is 0 Å². The van der Waals surface area contributed by atoms with E-state index in [4.69, 9.17) is 14.2 Å². The van der Waals surface area contributed by atoms with Gasteiger partial charge < -0.3 is 35.1 Å². The smallest absolute Gasteiger partial charge is 0.338 e. The lowest BCUT2D eigenvalue weighted by molar-refractivity contribution is -0.268. The summed E-state index contributed by atoms with van der Waals surface area (Å²) in [7, 11) is 0. The molecule has 1 fully saturated rings. The molecule has 4 atom stereocenters. The van der Waals surface area contributed by atoms with Gasteiger partial charge in [-0.1, -0.05) is 67.6 Å². The van der Waals surface area contributed by atoms with Crippen molar-refractivity contribution in [1.29, 1.82) is 0 Å². The highest BCUT2D eigenvalue weighted by atomic mass is 32.2. The molecule has 5 rings (SSSR count). The molecule has 0 saturated carbocycles. The number of aliphatic hydroxyl groups is 1. The maximum atomic E-state index is 12.2. The fourth-order valence-electron chi connectivity index (χ4n) is 5.47. The summed E-state index contributed by atoms with van der Waals surface area (Å²) >= 11 is 1.34. The average Bonchev–Trinajstić information content (AvgIpc) is 3.13. The number of benzene rings is 3. The third kappa shape index (κ3) is 9.45. The van der Waals surface area contributed by atoms with Crippen molar-refractivity contribution >= 4 is 29.7 Å². The molecule has 49 heavy (non-hydrogen) atoms. The zero-order chi connectivity index (χ0) is 34.8. The summed E-state index contributed by atoms with van der Waals surface area (Å²) in [5, 5.41) is 24.9. The number of thioether (sulfide) groups is 1. The Morgan fingerprint density at radius 3 is 2.39 bits per heavy atom. The minimum absolute atomic E-state index is 0.0604. The molecular formula is C37H39N3O8S. The van der Waals surface area contributed by atoms with Crippen molar-refractivity contribution in [1.82, 2.24) is 15.6 Å². The topological polar surface area (TPSA) is 156 Å². The van der Waals surface area contributed by atoms with Crippen LogP contribution in [0, 0.1) is 5.92 Å². The van der Waals surface area contributed by atoms with Crippen LogP contribution >= 0.6 is 11.8 Å². The summed E-state index contributed by atoms with van der Waals surface area (Å²) in [5.41, 5.74) is 5.41. The van der Waals surface area contributed by atoms with E-state index in [2.05, 4.69) is 22.5 Å². The van der Waals surface area contributed by atoms with E-state index in [1.807, 2.05) is 72.8 Å². The van der Waals surface area contributed by atoms with Gasteiger partial charge in [0.25, 0.3) is 0 Å².